The minimum absolute atomic E-state index is 0.00444. The standard InChI is InChI=1S/C14H20N2O2/c1-16(12-5-6-12)8-7-15-14(18)10-11-3-2-4-13(17)9-11/h2-4,9,12,17H,5-8,10H2,1H3,(H,15,18). The molecule has 1 amide bonds. The number of carbonyl (C=O) groups excluding carboxylic acids is 1. The number of amides is 1. The number of hydrogen-bond donors (Lipinski definition) is 2. The van der Waals surface area contributed by atoms with Crippen molar-refractivity contribution in [2.75, 3.05) is 20.1 Å². The first-order chi connectivity index (χ1) is 8.65. The third-order valence-corrected chi connectivity index (χ3v) is 3.23. The minimum Gasteiger partial charge on any atom is -0.508 e. The third-order valence-electron chi connectivity index (χ3n) is 3.23. The van der Waals surface area contributed by atoms with Crippen LogP contribution >= 0.6 is 0 Å². The first-order valence-electron chi connectivity index (χ1n) is 6.40. The summed E-state index contributed by atoms with van der Waals surface area (Å²) >= 11 is 0. The Morgan fingerprint density at radius 3 is 2.94 bits per heavy atom. The van der Waals surface area contributed by atoms with E-state index in [1.165, 1.54) is 12.8 Å². The highest BCUT2D eigenvalue weighted by Gasteiger charge is 2.25. The molecular formula is C14H20N2O2. The van der Waals surface area contributed by atoms with Gasteiger partial charge in [0, 0.05) is 19.1 Å². The monoisotopic (exact) mass is 248 g/mol. The molecule has 0 aromatic heterocycles. The summed E-state index contributed by atoms with van der Waals surface area (Å²) in [6, 6.07) is 7.55. The fraction of sp³-hybridized carbons (Fsp3) is 0.500. The molecule has 1 saturated carbocycles. The fourth-order valence-corrected chi connectivity index (χ4v) is 1.98. The molecule has 0 unspecified atom stereocenters. The van der Waals surface area contributed by atoms with Gasteiger partial charge in [0.15, 0.2) is 0 Å². The second-order valence-corrected chi connectivity index (χ2v) is 4.91. The summed E-state index contributed by atoms with van der Waals surface area (Å²) in [5.74, 6) is 0.207. The molecule has 0 saturated heterocycles. The van der Waals surface area contributed by atoms with Crippen molar-refractivity contribution in [2.24, 2.45) is 0 Å². The predicted molar refractivity (Wildman–Crippen MR) is 70.5 cm³/mol. The summed E-state index contributed by atoms with van der Waals surface area (Å²) in [6.07, 6.45) is 2.89. The Labute approximate surface area is 108 Å². The van der Waals surface area contributed by atoms with Gasteiger partial charge in [-0.05, 0) is 37.6 Å². The van der Waals surface area contributed by atoms with Gasteiger partial charge < -0.3 is 15.3 Å². The molecule has 0 spiro atoms. The molecule has 0 bridgehead atoms. The highest BCUT2D eigenvalue weighted by atomic mass is 16.3. The topological polar surface area (TPSA) is 52.6 Å². The van der Waals surface area contributed by atoms with Crippen LogP contribution in [0.4, 0.5) is 0 Å². The summed E-state index contributed by atoms with van der Waals surface area (Å²) < 4.78 is 0. The van der Waals surface area contributed by atoms with E-state index < -0.39 is 0 Å². The van der Waals surface area contributed by atoms with Crippen molar-refractivity contribution in [3.05, 3.63) is 29.8 Å². The van der Waals surface area contributed by atoms with E-state index in [-0.39, 0.29) is 11.7 Å². The molecule has 4 heteroatoms. The van der Waals surface area contributed by atoms with Gasteiger partial charge in [-0.1, -0.05) is 12.1 Å². The van der Waals surface area contributed by atoms with Crippen molar-refractivity contribution in [3.63, 3.8) is 0 Å². The number of nitrogens with one attached hydrogen (secondary N) is 1. The van der Waals surface area contributed by atoms with Crippen LogP contribution in [0.15, 0.2) is 24.3 Å². The number of benzene rings is 1. The number of phenols is 1. The van der Waals surface area contributed by atoms with Crippen molar-refractivity contribution in [2.45, 2.75) is 25.3 Å². The van der Waals surface area contributed by atoms with Crippen LogP contribution in [0.2, 0.25) is 0 Å². The van der Waals surface area contributed by atoms with Gasteiger partial charge in [-0.25, -0.2) is 0 Å². The molecule has 0 aliphatic heterocycles. The van der Waals surface area contributed by atoms with Crippen molar-refractivity contribution < 1.29 is 9.90 Å². The average molecular weight is 248 g/mol. The van der Waals surface area contributed by atoms with E-state index in [2.05, 4.69) is 17.3 Å². The lowest BCUT2D eigenvalue weighted by Crippen LogP contribution is -2.34. The Balaban J connectivity index is 1.68. The Hall–Kier alpha value is -1.55. The van der Waals surface area contributed by atoms with E-state index in [4.69, 9.17) is 0 Å². The lowest BCUT2D eigenvalue weighted by molar-refractivity contribution is -0.120. The second kappa shape index (κ2) is 5.87. The molecule has 4 nitrogen and oxygen atoms in total. The highest BCUT2D eigenvalue weighted by Crippen LogP contribution is 2.24. The maximum atomic E-state index is 11.7. The smallest absolute Gasteiger partial charge is 0.224 e. The van der Waals surface area contributed by atoms with E-state index in [1.807, 2.05) is 6.07 Å². The second-order valence-electron chi connectivity index (χ2n) is 4.91. The number of aromatic hydroxyl groups is 1. The molecule has 1 aromatic rings. The fourth-order valence-electron chi connectivity index (χ4n) is 1.98. The van der Waals surface area contributed by atoms with Crippen LogP contribution in [-0.2, 0) is 11.2 Å². The van der Waals surface area contributed by atoms with Crippen LogP contribution in [0.1, 0.15) is 18.4 Å². The number of likely N-dealkylation sites (N-methyl/N-ethyl adjacent to an activating group) is 1. The van der Waals surface area contributed by atoms with Crippen molar-refractivity contribution >= 4 is 5.91 Å². The molecule has 1 fully saturated rings. The van der Waals surface area contributed by atoms with Crippen LogP contribution in [0.5, 0.6) is 5.75 Å². The number of phenolic OH excluding ortho intramolecular Hbond substituents is 1. The highest BCUT2D eigenvalue weighted by molar-refractivity contribution is 5.78. The quantitative estimate of drug-likeness (QED) is 0.794. The maximum absolute atomic E-state index is 11.7. The van der Waals surface area contributed by atoms with E-state index in [0.717, 1.165) is 18.2 Å². The minimum atomic E-state index is 0.00444. The van der Waals surface area contributed by atoms with E-state index in [0.29, 0.717) is 13.0 Å². The molecule has 1 aliphatic carbocycles. The van der Waals surface area contributed by atoms with Gasteiger partial charge in [0.25, 0.3) is 0 Å². The molecule has 1 aliphatic rings. The van der Waals surface area contributed by atoms with Gasteiger partial charge in [0.05, 0.1) is 6.42 Å². The van der Waals surface area contributed by atoms with Crippen molar-refractivity contribution in [1.82, 2.24) is 10.2 Å². The van der Waals surface area contributed by atoms with Crippen molar-refractivity contribution in [1.29, 1.82) is 0 Å². The molecule has 1 aromatic carbocycles. The summed E-state index contributed by atoms with van der Waals surface area (Å²) in [7, 11) is 2.10. The van der Waals surface area contributed by atoms with Gasteiger partial charge >= 0.3 is 0 Å². The van der Waals surface area contributed by atoms with E-state index in [9.17, 15) is 9.90 Å². The van der Waals surface area contributed by atoms with Gasteiger partial charge in [-0.3, -0.25) is 4.79 Å². The number of hydrogen-bond acceptors (Lipinski definition) is 3. The molecule has 2 rings (SSSR count). The number of nitrogens with zero attached hydrogens (tertiary/aromatic N) is 1. The molecule has 2 N–H and O–H groups in total. The van der Waals surface area contributed by atoms with Crippen LogP contribution in [0.3, 0.4) is 0 Å². The van der Waals surface area contributed by atoms with Gasteiger partial charge in [0.1, 0.15) is 5.75 Å². The Morgan fingerprint density at radius 1 is 1.50 bits per heavy atom. The largest absolute Gasteiger partial charge is 0.508 e. The molecular weight excluding hydrogens is 228 g/mol. The van der Waals surface area contributed by atoms with Crippen LogP contribution in [0.25, 0.3) is 0 Å². The number of carbonyl (C=O) groups is 1. The zero-order valence-electron chi connectivity index (χ0n) is 10.7. The molecule has 0 atom stereocenters. The zero-order chi connectivity index (χ0) is 13.0. The lowest BCUT2D eigenvalue weighted by atomic mass is 10.1. The third kappa shape index (κ3) is 4.04. The Kier molecular flexibility index (Phi) is 4.20. The summed E-state index contributed by atoms with van der Waals surface area (Å²) in [5, 5.41) is 12.2. The molecule has 0 heterocycles. The molecule has 0 radical (unpaired) electrons. The van der Waals surface area contributed by atoms with E-state index >= 15 is 0 Å². The zero-order valence-corrected chi connectivity index (χ0v) is 10.7. The summed E-state index contributed by atoms with van der Waals surface area (Å²) in [5.41, 5.74) is 0.836. The van der Waals surface area contributed by atoms with Gasteiger partial charge in [0.2, 0.25) is 5.91 Å². The first-order valence-corrected chi connectivity index (χ1v) is 6.40. The van der Waals surface area contributed by atoms with E-state index in [1.54, 1.807) is 18.2 Å². The van der Waals surface area contributed by atoms with Crippen LogP contribution in [-0.4, -0.2) is 42.1 Å². The van der Waals surface area contributed by atoms with Crippen LogP contribution in [0, 0.1) is 0 Å². The molecule has 18 heavy (non-hydrogen) atoms. The first kappa shape index (κ1) is 12.9. The van der Waals surface area contributed by atoms with Crippen LogP contribution < -0.4 is 5.32 Å². The normalized spacial score (nSPS) is 14.8. The average Bonchev–Trinajstić information content (AvgIpc) is 3.12. The van der Waals surface area contributed by atoms with Gasteiger partial charge in [-0.2, -0.15) is 0 Å². The summed E-state index contributed by atoms with van der Waals surface area (Å²) in [4.78, 5) is 14.0. The molecule has 98 valence electrons. The predicted octanol–water partition coefficient (Wildman–Crippen LogP) is 1.15. The Morgan fingerprint density at radius 2 is 2.28 bits per heavy atom. The van der Waals surface area contributed by atoms with Crippen molar-refractivity contribution in [3.8, 4) is 5.75 Å². The SMILES string of the molecule is CN(CCNC(=O)Cc1cccc(O)c1)C1CC1. The van der Waals surface area contributed by atoms with Gasteiger partial charge in [-0.15, -0.1) is 0 Å². The summed E-state index contributed by atoms with van der Waals surface area (Å²) in [6.45, 7) is 1.58. The lowest BCUT2D eigenvalue weighted by Gasteiger charge is -2.15. The maximum Gasteiger partial charge on any atom is 0.224 e. The Bertz CT molecular complexity index is 416. The number of rotatable bonds is 6.